The molecule has 8 heteroatoms. The number of nitrogens with zero attached hydrogens (tertiary/aromatic N) is 2. The summed E-state index contributed by atoms with van der Waals surface area (Å²) in [4.78, 5) is 32.2. The third-order valence-electron chi connectivity index (χ3n) is 5.48. The molecule has 0 saturated heterocycles. The first kappa shape index (κ1) is 24.0. The van der Waals surface area contributed by atoms with Gasteiger partial charge < -0.3 is 9.47 Å². The van der Waals surface area contributed by atoms with Crippen LogP contribution in [0.25, 0.3) is 6.08 Å². The van der Waals surface area contributed by atoms with E-state index in [0.29, 0.717) is 43.4 Å². The van der Waals surface area contributed by atoms with Gasteiger partial charge in [0.25, 0.3) is 5.56 Å². The summed E-state index contributed by atoms with van der Waals surface area (Å²) in [5, 5.41) is 0.472. The van der Waals surface area contributed by atoms with Gasteiger partial charge in [0, 0.05) is 10.6 Å². The second kappa shape index (κ2) is 10.4. The Bertz CT molecular complexity index is 1420. The molecule has 1 aliphatic heterocycles. The van der Waals surface area contributed by atoms with Crippen LogP contribution in [0.2, 0.25) is 5.02 Å². The molecule has 2 heterocycles. The predicted octanol–water partition coefficient (Wildman–Crippen LogP) is 4.24. The molecule has 1 aromatic heterocycles. The van der Waals surface area contributed by atoms with Gasteiger partial charge in [-0.25, -0.2) is 9.79 Å². The number of halogens is 1. The molecule has 0 unspecified atom stereocenters. The summed E-state index contributed by atoms with van der Waals surface area (Å²) in [5.74, 6) is 0.0191. The van der Waals surface area contributed by atoms with Crippen LogP contribution in [0.1, 0.15) is 43.9 Å². The summed E-state index contributed by atoms with van der Waals surface area (Å²) < 4.78 is 13.1. The number of hydrogen-bond acceptors (Lipinski definition) is 6. The fourth-order valence-electron chi connectivity index (χ4n) is 4.03. The Kier molecular flexibility index (Phi) is 7.34. The van der Waals surface area contributed by atoms with E-state index in [4.69, 9.17) is 26.1 Å². The second-order valence-corrected chi connectivity index (χ2v) is 9.16. The smallest absolute Gasteiger partial charge is 0.338 e. The third-order valence-corrected chi connectivity index (χ3v) is 6.69. The number of allylic oxidation sites excluding steroid dienone is 1. The van der Waals surface area contributed by atoms with Crippen molar-refractivity contribution < 1.29 is 14.3 Å². The van der Waals surface area contributed by atoms with E-state index in [-0.39, 0.29) is 12.2 Å². The van der Waals surface area contributed by atoms with Gasteiger partial charge in [-0.15, -0.1) is 0 Å². The topological polar surface area (TPSA) is 69.9 Å². The Morgan fingerprint density at radius 3 is 2.65 bits per heavy atom. The fourth-order valence-corrected chi connectivity index (χ4v) is 5.24. The number of esters is 1. The number of carbonyl (C=O) groups is 1. The van der Waals surface area contributed by atoms with Crippen LogP contribution in [0.4, 0.5) is 0 Å². The lowest BCUT2D eigenvalue weighted by molar-refractivity contribution is -0.139. The number of benzene rings is 2. The largest absolute Gasteiger partial charge is 0.496 e. The minimum atomic E-state index is -0.775. The molecule has 0 bridgehead atoms. The van der Waals surface area contributed by atoms with E-state index >= 15 is 0 Å². The molecule has 3 aromatic rings. The van der Waals surface area contributed by atoms with Crippen molar-refractivity contribution in [1.29, 1.82) is 0 Å². The molecule has 34 heavy (non-hydrogen) atoms. The van der Waals surface area contributed by atoms with Crippen molar-refractivity contribution in [2.24, 2.45) is 4.99 Å². The third kappa shape index (κ3) is 4.58. The molecule has 0 amide bonds. The zero-order valence-electron chi connectivity index (χ0n) is 19.2. The molecule has 1 atom stereocenters. The van der Waals surface area contributed by atoms with E-state index in [9.17, 15) is 9.59 Å². The maximum absolute atomic E-state index is 13.7. The lowest BCUT2D eigenvalue weighted by Gasteiger charge is -2.27. The van der Waals surface area contributed by atoms with Gasteiger partial charge in [-0.05, 0) is 43.2 Å². The van der Waals surface area contributed by atoms with Crippen LogP contribution in [0.5, 0.6) is 5.75 Å². The average molecular weight is 497 g/mol. The lowest BCUT2D eigenvalue weighted by atomic mass is 9.93. The molecule has 176 valence electrons. The van der Waals surface area contributed by atoms with E-state index in [0.717, 1.165) is 12.0 Å². The summed E-state index contributed by atoms with van der Waals surface area (Å²) in [6, 6.07) is 14.0. The Balaban J connectivity index is 2.06. The zero-order valence-corrected chi connectivity index (χ0v) is 20.8. The van der Waals surface area contributed by atoms with E-state index < -0.39 is 12.0 Å². The number of rotatable bonds is 7. The van der Waals surface area contributed by atoms with Gasteiger partial charge in [-0.2, -0.15) is 0 Å². The highest BCUT2D eigenvalue weighted by atomic mass is 35.5. The molecule has 2 aromatic carbocycles. The van der Waals surface area contributed by atoms with Gasteiger partial charge in [-0.1, -0.05) is 66.6 Å². The highest BCUT2D eigenvalue weighted by molar-refractivity contribution is 7.07. The van der Waals surface area contributed by atoms with Crippen molar-refractivity contribution in [3.63, 3.8) is 0 Å². The molecule has 0 N–H and O–H groups in total. The van der Waals surface area contributed by atoms with Crippen molar-refractivity contribution in [1.82, 2.24) is 4.57 Å². The van der Waals surface area contributed by atoms with Crippen molar-refractivity contribution >= 4 is 35.0 Å². The Morgan fingerprint density at radius 1 is 1.21 bits per heavy atom. The van der Waals surface area contributed by atoms with Crippen LogP contribution >= 0.6 is 22.9 Å². The number of carbonyl (C=O) groups excluding carboxylic acids is 1. The van der Waals surface area contributed by atoms with Gasteiger partial charge in [0.1, 0.15) is 11.8 Å². The average Bonchev–Trinajstić information content (AvgIpc) is 3.13. The first-order valence-corrected chi connectivity index (χ1v) is 12.3. The lowest BCUT2D eigenvalue weighted by Crippen LogP contribution is -2.40. The quantitative estimate of drug-likeness (QED) is 0.459. The van der Waals surface area contributed by atoms with Crippen LogP contribution in [-0.2, 0) is 9.53 Å². The molecule has 4 rings (SSSR count). The molecule has 0 fully saturated rings. The maximum atomic E-state index is 13.7. The molecular formula is C26H25ClN2O4S. The highest BCUT2D eigenvalue weighted by Gasteiger charge is 2.36. The molecule has 0 aliphatic carbocycles. The van der Waals surface area contributed by atoms with E-state index in [1.165, 1.54) is 11.3 Å². The molecular weight excluding hydrogens is 472 g/mol. The van der Waals surface area contributed by atoms with Crippen LogP contribution in [-0.4, -0.2) is 24.3 Å². The molecule has 1 aliphatic rings. The molecule has 0 spiro atoms. The van der Waals surface area contributed by atoms with Crippen molar-refractivity contribution in [2.75, 3.05) is 13.7 Å². The van der Waals surface area contributed by atoms with E-state index in [1.807, 2.05) is 43.3 Å². The second-order valence-electron chi connectivity index (χ2n) is 7.71. The summed E-state index contributed by atoms with van der Waals surface area (Å²) >= 11 is 7.65. The summed E-state index contributed by atoms with van der Waals surface area (Å²) in [6.45, 7) is 3.98. The van der Waals surface area contributed by atoms with Crippen LogP contribution in [0.3, 0.4) is 0 Å². The number of aromatic nitrogens is 1. The van der Waals surface area contributed by atoms with Gasteiger partial charge in [0.15, 0.2) is 4.80 Å². The van der Waals surface area contributed by atoms with Crippen LogP contribution in [0.15, 0.2) is 69.6 Å². The Labute approximate surface area is 206 Å². The molecule has 0 saturated carbocycles. The summed E-state index contributed by atoms with van der Waals surface area (Å²) in [5.41, 5.74) is 2.22. The normalized spacial score (nSPS) is 15.6. The van der Waals surface area contributed by atoms with Crippen molar-refractivity contribution in [2.45, 2.75) is 32.7 Å². The zero-order chi connectivity index (χ0) is 24.2. The summed E-state index contributed by atoms with van der Waals surface area (Å²) in [7, 11) is 1.55. The monoisotopic (exact) mass is 496 g/mol. The summed E-state index contributed by atoms with van der Waals surface area (Å²) in [6.07, 6.45) is 3.18. The van der Waals surface area contributed by atoms with Crippen LogP contribution in [0, 0.1) is 0 Å². The number of ether oxygens (including phenoxy) is 2. The van der Waals surface area contributed by atoms with Crippen LogP contribution < -0.4 is 19.6 Å². The van der Waals surface area contributed by atoms with Gasteiger partial charge in [0.2, 0.25) is 0 Å². The maximum Gasteiger partial charge on any atom is 0.338 e. The molecule has 0 radical (unpaired) electrons. The Hall–Kier alpha value is -3.16. The van der Waals surface area contributed by atoms with Crippen molar-refractivity contribution in [3.05, 3.63) is 95.6 Å². The number of hydrogen-bond donors (Lipinski definition) is 0. The fraction of sp³-hybridized carbons (Fsp3) is 0.269. The SMILES string of the molecule is CCCC1=C(C(=O)OCC)[C@H](c2cc(Cl)ccc2OC)n2c(s/c(=C/c3ccccc3)c2=O)=N1. The number of methoxy groups -OCH3 is 1. The number of thiazole rings is 1. The van der Waals surface area contributed by atoms with Crippen molar-refractivity contribution in [3.8, 4) is 5.75 Å². The van der Waals surface area contributed by atoms with E-state index in [1.54, 1.807) is 36.8 Å². The first-order chi connectivity index (χ1) is 16.5. The standard InChI is InChI=1S/C26H25ClN2O4S/c1-4-9-19-22(25(31)33-5-2)23(18-15-17(27)12-13-20(18)32-3)29-24(30)21(34-26(29)28-19)14-16-10-7-6-8-11-16/h6-8,10-15,23H,4-5,9H2,1-3H3/b21-14+/t23-/m0/s1. The molecule has 6 nitrogen and oxygen atoms in total. The Morgan fingerprint density at radius 2 is 1.97 bits per heavy atom. The minimum Gasteiger partial charge on any atom is -0.496 e. The predicted molar refractivity (Wildman–Crippen MR) is 134 cm³/mol. The van der Waals surface area contributed by atoms with Gasteiger partial charge in [-0.3, -0.25) is 9.36 Å². The van der Waals surface area contributed by atoms with Gasteiger partial charge in [0.05, 0.1) is 29.5 Å². The van der Waals surface area contributed by atoms with Gasteiger partial charge >= 0.3 is 5.97 Å². The highest BCUT2D eigenvalue weighted by Crippen LogP contribution is 2.38. The minimum absolute atomic E-state index is 0.208. The van der Waals surface area contributed by atoms with E-state index in [2.05, 4.69) is 0 Å². The number of fused-ring (bicyclic) bond motifs is 1. The first-order valence-electron chi connectivity index (χ1n) is 11.1.